The van der Waals surface area contributed by atoms with Crippen molar-refractivity contribution in [3.8, 4) is 0 Å². The third-order valence-corrected chi connectivity index (χ3v) is 2.46. The van der Waals surface area contributed by atoms with Gasteiger partial charge >= 0.3 is 5.97 Å². The molecule has 0 saturated heterocycles. The van der Waals surface area contributed by atoms with E-state index in [0.29, 0.717) is 16.7 Å². The first-order valence-corrected chi connectivity index (χ1v) is 6.16. The number of esters is 1. The third kappa shape index (κ3) is 2.93. The molecule has 0 aliphatic rings. The lowest BCUT2D eigenvalue weighted by Gasteiger charge is -2.19. The number of hydrogen-bond acceptors (Lipinski definition) is 5. The maximum atomic E-state index is 11.9. The highest BCUT2D eigenvalue weighted by molar-refractivity contribution is 6.04. The molecule has 0 aliphatic heterocycles. The summed E-state index contributed by atoms with van der Waals surface area (Å²) in [5.74, 6) is -0.575. The van der Waals surface area contributed by atoms with Gasteiger partial charge in [-0.05, 0) is 32.9 Å². The number of nitrogens with two attached hydrogens (primary N) is 1. The van der Waals surface area contributed by atoms with Gasteiger partial charge in [-0.15, -0.1) is 0 Å². The highest BCUT2D eigenvalue weighted by atomic mass is 16.6. The fraction of sp³-hybridized carbons (Fsp3) is 0.385. The largest absolute Gasteiger partial charge is 0.459 e. The van der Waals surface area contributed by atoms with E-state index in [-0.39, 0.29) is 12.4 Å². The van der Waals surface area contributed by atoms with Crippen LogP contribution >= 0.6 is 0 Å². The molecular formula is C13H17N5O2. The fourth-order valence-corrected chi connectivity index (χ4v) is 1.81. The minimum atomic E-state index is -0.559. The summed E-state index contributed by atoms with van der Waals surface area (Å²) < 4.78 is 6.65. The van der Waals surface area contributed by atoms with Gasteiger partial charge in [-0.25, -0.2) is 9.67 Å². The highest BCUT2D eigenvalue weighted by Crippen LogP contribution is 2.16. The average Bonchev–Trinajstić information content (AvgIpc) is 2.66. The third-order valence-electron chi connectivity index (χ3n) is 2.46. The van der Waals surface area contributed by atoms with Crippen LogP contribution < -0.4 is 5.73 Å². The predicted molar refractivity (Wildman–Crippen MR) is 74.4 cm³/mol. The Labute approximate surface area is 116 Å². The van der Waals surface area contributed by atoms with E-state index in [0.717, 1.165) is 0 Å². The van der Waals surface area contributed by atoms with Gasteiger partial charge in [-0.3, -0.25) is 10.2 Å². The minimum absolute atomic E-state index is 0.0714. The van der Waals surface area contributed by atoms with Crippen LogP contribution in [0.5, 0.6) is 0 Å². The van der Waals surface area contributed by atoms with E-state index < -0.39 is 11.6 Å². The van der Waals surface area contributed by atoms with Crippen molar-refractivity contribution in [3.63, 3.8) is 0 Å². The predicted octanol–water partition coefficient (Wildman–Crippen LogP) is 1.06. The number of pyridine rings is 1. The topological polar surface area (TPSA) is 107 Å². The van der Waals surface area contributed by atoms with Gasteiger partial charge in [0.2, 0.25) is 0 Å². The van der Waals surface area contributed by atoms with Crippen LogP contribution in [-0.2, 0) is 16.1 Å². The smallest absolute Gasteiger partial charge is 0.328 e. The molecule has 2 heterocycles. The van der Waals surface area contributed by atoms with Gasteiger partial charge in [0.05, 0.1) is 5.39 Å². The van der Waals surface area contributed by atoms with Crippen molar-refractivity contribution in [1.29, 1.82) is 5.41 Å². The van der Waals surface area contributed by atoms with E-state index in [4.69, 9.17) is 15.9 Å². The number of nitrogens with zero attached hydrogens (tertiary/aromatic N) is 3. The molecule has 0 fully saturated rings. The molecule has 106 valence electrons. The number of fused-ring (bicyclic) bond motifs is 1. The Morgan fingerprint density at radius 1 is 1.50 bits per heavy atom. The first kappa shape index (κ1) is 14.0. The zero-order valence-electron chi connectivity index (χ0n) is 11.7. The van der Waals surface area contributed by atoms with Crippen molar-refractivity contribution in [2.24, 2.45) is 5.73 Å². The molecule has 7 nitrogen and oxygen atoms in total. The molecule has 20 heavy (non-hydrogen) atoms. The molecule has 2 aromatic rings. The maximum Gasteiger partial charge on any atom is 0.328 e. The molecule has 0 unspecified atom stereocenters. The lowest BCUT2D eigenvalue weighted by molar-refractivity contribution is -0.155. The van der Waals surface area contributed by atoms with E-state index in [2.05, 4.69) is 10.1 Å². The lowest BCUT2D eigenvalue weighted by atomic mass is 10.2. The molecule has 0 bridgehead atoms. The van der Waals surface area contributed by atoms with Crippen molar-refractivity contribution in [3.05, 3.63) is 24.0 Å². The Hall–Kier alpha value is -2.44. The summed E-state index contributed by atoms with van der Waals surface area (Å²) in [4.78, 5) is 16.0. The van der Waals surface area contributed by atoms with E-state index in [1.165, 1.54) is 4.68 Å². The van der Waals surface area contributed by atoms with Gasteiger partial charge in [0, 0.05) is 6.20 Å². The SMILES string of the molecule is CC(C)(C)OC(=O)Cn1nc(C(=N)N)c2cccnc21. The number of nitrogens with one attached hydrogen (secondary N) is 1. The summed E-state index contributed by atoms with van der Waals surface area (Å²) in [6.07, 6.45) is 1.60. The van der Waals surface area contributed by atoms with Gasteiger partial charge in [0.25, 0.3) is 0 Å². The minimum Gasteiger partial charge on any atom is -0.459 e. The molecule has 7 heteroatoms. The van der Waals surface area contributed by atoms with Crippen LogP contribution in [0.25, 0.3) is 11.0 Å². The molecule has 0 aromatic carbocycles. The number of carbonyl (C=O) groups excluding carboxylic acids is 1. The first-order chi connectivity index (χ1) is 9.28. The fourth-order valence-electron chi connectivity index (χ4n) is 1.81. The van der Waals surface area contributed by atoms with Crippen LogP contribution in [0.1, 0.15) is 26.5 Å². The van der Waals surface area contributed by atoms with Crippen molar-refractivity contribution in [2.75, 3.05) is 0 Å². The van der Waals surface area contributed by atoms with Crippen molar-refractivity contribution < 1.29 is 9.53 Å². The van der Waals surface area contributed by atoms with Gasteiger partial charge in [0.1, 0.15) is 23.7 Å². The average molecular weight is 275 g/mol. The molecule has 0 radical (unpaired) electrons. The summed E-state index contributed by atoms with van der Waals surface area (Å²) in [5.41, 5.74) is 5.75. The second-order valence-electron chi connectivity index (χ2n) is 5.38. The number of amidine groups is 1. The summed E-state index contributed by atoms with van der Waals surface area (Å²) >= 11 is 0. The molecule has 0 spiro atoms. The Kier molecular flexibility index (Phi) is 3.44. The number of nitrogen functional groups attached to an aromatic ring is 1. The van der Waals surface area contributed by atoms with E-state index >= 15 is 0 Å². The summed E-state index contributed by atoms with van der Waals surface area (Å²) in [6.45, 7) is 5.32. The van der Waals surface area contributed by atoms with E-state index in [1.807, 2.05) is 0 Å². The molecule has 2 aromatic heterocycles. The Bertz CT molecular complexity index is 669. The lowest BCUT2D eigenvalue weighted by Crippen LogP contribution is -2.27. The Morgan fingerprint density at radius 3 is 2.80 bits per heavy atom. The van der Waals surface area contributed by atoms with Crippen LogP contribution in [0.15, 0.2) is 18.3 Å². The van der Waals surface area contributed by atoms with Crippen LogP contribution in [0.2, 0.25) is 0 Å². The molecule has 0 saturated carbocycles. The Morgan fingerprint density at radius 2 is 2.20 bits per heavy atom. The van der Waals surface area contributed by atoms with Crippen molar-refractivity contribution in [2.45, 2.75) is 32.9 Å². The zero-order valence-corrected chi connectivity index (χ0v) is 11.7. The highest BCUT2D eigenvalue weighted by Gasteiger charge is 2.20. The van der Waals surface area contributed by atoms with Crippen LogP contribution in [0.3, 0.4) is 0 Å². The van der Waals surface area contributed by atoms with Gasteiger partial charge < -0.3 is 10.5 Å². The summed E-state index contributed by atoms with van der Waals surface area (Å²) in [7, 11) is 0. The van der Waals surface area contributed by atoms with E-state index in [1.54, 1.807) is 39.1 Å². The Balaban J connectivity index is 2.36. The van der Waals surface area contributed by atoms with E-state index in [9.17, 15) is 4.79 Å². The van der Waals surface area contributed by atoms with Crippen LogP contribution in [-0.4, -0.2) is 32.2 Å². The number of aromatic nitrogens is 3. The molecule has 2 rings (SSSR count). The summed E-state index contributed by atoms with van der Waals surface area (Å²) in [6, 6.07) is 3.49. The van der Waals surface area contributed by atoms with Gasteiger partial charge in [-0.2, -0.15) is 5.10 Å². The van der Waals surface area contributed by atoms with Crippen molar-refractivity contribution in [1.82, 2.24) is 14.8 Å². The number of carbonyl (C=O) groups is 1. The number of hydrogen-bond donors (Lipinski definition) is 2. The van der Waals surface area contributed by atoms with Crippen LogP contribution in [0.4, 0.5) is 0 Å². The molecule has 0 amide bonds. The van der Waals surface area contributed by atoms with Crippen LogP contribution in [0, 0.1) is 5.41 Å². The second-order valence-corrected chi connectivity index (χ2v) is 5.38. The molecular weight excluding hydrogens is 258 g/mol. The second kappa shape index (κ2) is 4.92. The molecule has 0 atom stereocenters. The van der Waals surface area contributed by atoms with Gasteiger partial charge in [0.15, 0.2) is 5.65 Å². The molecule has 0 aliphatic carbocycles. The first-order valence-electron chi connectivity index (χ1n) is 6.16. The maximum absolute atomic E-state index is 11.9. The summed E-state index contributed by atoms with van der Waals surface area (Å²) in [5, 5.41) is 12.3. The standard InChI is InChI=1S/C13H17N5O2/c1-13(2,3)20-9(19)7-18-12-8(5-4-6-16-12)10(17-18)11(14)15/h4-6H,7H2,1-3H3,(H3,14,15). The molecule has 3 N–H and O–H groups in total. The van der Waals surface area contributed by atoms with Crippen molar-refractivity contribution >= 4 is 22.8 Å². The number of rotatable bonds is 3. The monoisotopic (exact) mass is 275 g/mol. The zero-order chi connectivity index (χ0) is 14.9. The number of ether oxygens (including phenoxy) is 1. The van der Waals surface area contributed by atoms with Gasteiger partial charge in [-0.1, -0.05) is 0 Å². The quantitative estimate of drug-likeness (QED) is 0.494. The normalized spacial score (nSPS) is 11.6.